The molecule has 3 fully saturated rings. The molecule has 1 aliphatic heterocycles. The van der Waals surface area contributed by atoms with Gasteiger partial charge in [0, 0.05) is 47.3 Å². The molecule has 0 aromatic heterocycles. The second-order valence-corrected chi connectivity index (χ2v) is 12.0. The molecular weight excluding hydrogens is 416 g/mol. The Morgan fingerprint density at radius 3 is 2.75 bits per heavy atom. The van der Waals surface area contributed by atoms with Gasteiger partial charge < -0.3 is 5.32 Å². The summed E-state index contributed by atoms with van der Waals surface area (Å²) < 4.78 is 0. The minimum absolute atomic E-state index is 0.0189. The lowest BCUT2D eigenvalue weighted by atomic mass is 9.50. The van der Waals surface area contributed by atoms with Crippen molar-refractivity contribution in [2.75, 3.05) is 18.8 Å². The molecule has 5 rings (SSSR count). The summed E-state index contributed by atoms with van der Waals surface area (Å²) in [7, 11) is 0. The van der Waals surface area contributed by atoms with Gasteiger partial charge in [-0.05, 0) is 67.4 Å². The van der Waals surface area contributed by atoms with Gasteiger partial charge in [0.25, 0.3) is 0 Å². The quantitative estimate of drug-likeness (QED) is 0.458. The Labute approximate surface area is 196 Å². The molecule has 1 heterocycles. The van der Waals surface area contributed by atoms with Gasteiger partial charge in [-0.15, -0.1) is 11.8 Å². The van der Waals surface area contributed by atoms with E-state index in [1.807, 2.05) is 23.1 Å². The van der Waals surface area contributed by atoms with E-state index in [-0.39, 0.29) is 17.2 Å². The fourth-order valence-corrected chi connectivity index (χ4v) is 8.22. The zero-order valence-electron chi connectivity index (χ0n) is 19.4. The Kier molecular flexibility index (Phi) is 5.90. The number of piperidine rings is 1. The van der Waals surface area contributed by atoms with Crippen LogP contribution < -0.4 is 5.32 Å². The summed E-state index contributed by atoms with van der Waals surface area (Å²) in [5.74, 6) is 2.87. The molecule has 0 spiro atoms. The number of nitrogens with one attached hydrogen (secondary N) is 1. The molecule has 2 saturated carbocycles. The maximum absolute atomic E-state index is 13.4. The molecule has 2 amide bonds. The minimum Gasteiger partial charge on any atom is -0.337 e. The third kappa shape index (κ3) is 3.81. The van der Waals surface area contributed by atoms with Crippen molar-refractivity contribution in [3.8, 4) is 0 Å². The first-order valence-corrected chi connectivity index (χ1v) is 13.4. The molecule has 32 heavy (non-hydrogen) atoms. The topological polar surface area (TPSA) is 49.4 Å². The van der Waals surface area contributed by atoms with E-state index in [0.29, 0.717) is 36.1 Å². The van der Waals surface area contributed by atoms with Gasteiger partial charge in [-0.3, -0.25) is 9.69 Å². The van der Waals surface area contributed by atoms with Crippen LogP contribution in [-0.4, -0.2) is 35.6 Å². The molecule has 4 nitrogen and oxygen atoms in total. The lowest BCUT2D eigenvalue weighted by Crippen LogP contribution is -2.59. The van der Waals surface area contributed by atoms with Crippen molar-refractivity contribution in [3.63, 3.8) is 0 Å². The Bertz CT molecular complexity index is 915. The van der Waals surface area contributed by atoms with E-state index < -0.39 is 0 Å². The number of carbonyl (C=O) groups is 2. The number of urea groups is 1. The largest absolute Gasteiger partial charge is 0.337 e. The first-order valence-electron chi connectivity index (χ1n) is 12.4. The van der Waals surface area contributed by atoms with Gasteiger partial charge in [-0.1, -0.05) is 38.5 Å². The fraction of sp³-hybridized carbons (Fsp3) is 0.630. The highest BCUT2D eigenvalue weighted by Gasteiger charge is 2.58. The van der Waals surface area contributed by atoms with Gasteiger partial charge in [0.1, 0.15) is 0 Å². The maximum atomic E-state index is 13.4. The number of allylic oxidation sites excluding steroid dienone is 2. The molecule has 1 aromatic carbocycles. The lowest BCUT2D eigenvalue weighted by molar-refractivity contribution is -0.118. The number of carbonyl (C=O) groups excluding carboxylic acids is 2. The van der Waals surface area contributed by atoms with Crippen molar-refractivity contribution in [1.82, 2.24) is 10.2 Å². The van der Waals surface area contributed by atoms with Gasteiger partial charge in [0.05, 0.1) is 0 Å². The van der Waals surface area contributed by atoms with E-state index in [1.54, 1.807) is 17.8 Å². The number of thioether (sulfide) groups is 1. The average molecular weight is 453 g/mol. The summed E-state index contributed by atoms with van der Waals surface area (Å²) in [5.41, 5.74) is 1.37. The maximum Gasteiger partial charge on any atom is 0.321 e. The highest BCUT2D eigenvalue weighted by Crippen LogP contribution is 2.63. The number of ketones is 1. The normalized spacial score (nSPS) is 36.1. The Hall–Kier alpha value is -1.75. The first-order chi connectivity index (χ1) is 15.4. The summed E-state index contributed by atoms with van der Waals surface area (Å²) in [4.78, 5) is 29.0. The summed E-state index contributed by atoms with van der Waals surface area (Å²) in [6, 6.07) is 10.3. The molecule has 3 aliphatic carbocycles. The molecule has 172 valence electrons. The fourth-order valence-electron chi connectivity index (χ4n) is 7.43. The minimum atomic E-state index is -0.0587. The summed E-state index contributed by atoms with van der Waals surface area (Å²) in [5, 5.41) is 3.17. The van der Waals surface area contributed by atoms with Crippen LogP contribution in [0, 0.1) is 28.6 Å². The molecule has 0 unspecified atom stereocenters. The number of amides is 2. The van der Waals surface area contributed by atoms with Gasteiger partial charge in [0.15, 0.2) is 5.78 Å². The second-order valence-electron chi connectivity index (χ2n) is 10.9. The number of hydrogen-bond acceptors (Lipinski definition) is 3. The zero-order valence-corrected chi connectivity index (χ0v) is 20.3. The van der Waals surface area contributed by atoms with Gasteiger partial charge in [-0.2, -0.15) is 0 Å². The number of benzene rings is 1. The van der Waals surface area contributed by atoms with Crippen molar-refractivity contribution >= 4 is 23.6 Å². The van der Waals surface area contributed by atoms with Gasteiger partial charge in [-0.25, -0.2) is 4.79 Å². The molecular formula is C27H36N2O2S. The van der Waals surface area contributed by atoms with Crippen molar-refractivity contribution in [2.45, 2.75) is 63.7 Å². The number of likely N-dealkylation sites (tertiary alicyclic amines) is 1. The number of hydrogen-bond donors (Lipinski definition) is 1. The summed E-state index contributed by atoms with van der Waals surface area (Å²) >= 11 is 1.76. The predicted octanol–water partition coefficient (Wildman–Crippen LogP) is 5.89. The van der Waals surface area contributed by atoms with Crippen LogP contribution in [0.15, 0.2) is 47.0 Å². The third-order valence-corrected chi connectivity index (χ3v) is 10.1. The molecule has 1 aromatic rings. The standard InChI is InChI=1S/C27H36N2O2S/c1-26-12-6-9-22(26)21-18-29(25(31)28-15-16-32-20-7-4-3-5-8-20)24-17-19(30)10-14-27(24,2)23(21)11-13-26/h3-5,7-8,17,21-23H,6,9-16,18H2,1-2H3,(H,28,31)/t21-,22-,23-,26-,27+/m0/s1. The SMILES string of the molecule is C[C@@]12CCC[C@H]1[C@@H]1CN(C(=O)NCCSc3ccccc3)C3=CC(=O)CC[C@]3(C)[C@H]1CC2. The number of nitrogens with zero attached hydrogens (tertiary/aromatic N) is 1. The summed E-state index contributed by atoms with van der Waals surface area (Å²) in [6.07, 6.45) is 9.81. The van der Waals surface area contributed by atoms with Crippen molar-refractivity contribution in [3.05, 3.63) is 42.1 Å². The number of fused-ring (bicyclic) bond motifs is 5. The molecule has 5 heteroatoms. The molecule has 1 N–H and O–H groups in total. The Balaban J connectivity index is 1.33. The van der Waals surface area contributed by atoms with E-state index in [4.69, 9.17) is 0 Å². The molecule has 0 bridgehead atoms. The van der Waals surface area contributed by atoms with Crippen LogP contribution in [0.2, 0.25) is 0 Å². The van der Waals surface area contributed by atoms with E-state index in [2.05, 4.69) is 31.3 Å². The van der Waals surface area contributed by atoms with Crippen molar-refractivity contribution in [2.24, 2.45) is 28.6 Å². The van der Waals surface area contributed by atoms with Crippen LogP contribution in [0.4, 0.5) is 4.79 Å². The smallest absolute Gasteiger partial charge is 0.321 e. The van der Waals surface area contributed by atoms with E-state index in [0.717, 1.165) is 24.4 Å². The van der Waals surface area contributed by atoms with Crippen LogP contribution >= 0.6 is 11.8 Å². The zero-order chi connectivity index (χ0) is 22.3. The van der Waals surface area contributed by atoms with E-state index in [1.165, 1.54) is 37.0 Å². The lowest BCUT2D eigenvalue weighted by Gasteiger charge is -2.59. The highest BCUT2D eigenvalue weighted by molar-refractivity contribution is 7.99. The van der Waals surface area contributed by atoms with Crippen molar-refractivity contribution < 1.29 is 9.59 Å². The molecule has 0 radical (unpaired) electrons. The summed E-state index contributed by atoms with van der Waals surface area (Å²) in [6.45, 7) is 6.23. The molecule has 1 saturated heterocycles. The first kappa shape index (κ1) is 22.1. The van der Waals surface area contributed by atoms with Crippen LogP contribution in [0.1, 0.15) is 58.8 Å². The van der Waals surface area contributed by atoms with E-state index in [9.17, 15) is 9.59 Å². The van der Waals surface area contributed by atoms with Gasteiger partial charge in [0.2, 0.25) is 0 Å². The van der Waals surface area contributed by atoms with Crippen LogP contribution in [0.25, 0.3) is 0 Å². The van der Waals surface area contributed by atoms with E-state index >= 15 is 0 Å². The van der Waals surface area contributed by atoms with Crippen LogP contribution in [-0.2, 0) is 4.79 Å². The predicted molar refractivity (Wildman–Crippen MR) is 129 cm³/mol. The van der Waals surface area contributed by atoms with Crippen molar-refractivity contribution in [1.29, 1.82) is 0 Å². The average Bonchev–Trinajstić information content (AvgIpc) is 3.19. The van der Waals surface area contributed by atoms with Gasteiger partial charge >= 0.3 is 6.03 Å². The third-order valence-electron chi connectivity index (χ3n) is 9.13. The van der Waals surface area contributed by atoms with Crippen LogP contribution in [0.5, 0.6) is 0 Å². The number of rotatable bonds is 4. The molecule has 5 atom stereocenters. The highest BCUT2D eigenvalue weighted by atomic mass is 32.2. The molecule has 4 aliphatic rings. The monoisotopic (exact) mass is 452 g/mol. The second kappa shape index (κ2) is 8.55. The Morgan fingerprint density at radius 2 is 1.94 bits per heavy atom. The van der Waals surface area contributed by atoms with Crippen LogP contribution in [0.3, 0.4) is 0 Å². The Morgan fingerprint density at radius 1 is 1.12 bits per heavy atom.